The maximum absolute atomic E-state index is 12.4. The van der Waals surface area contributed by atoms with Crippen molar-refractivity contribution in [3.63, 3.8) is 0 Å². The third-order valence-corrected chi connectivity index (χ3v) is 3.91. The minimum atomic E-state index is -0.587. The van der Waals surface area contributed by atoms with Crippen LogP contribution in [0.15, 0.2) is 6.07 Å². The number of aromatic nitrogens is 2. The minimum absolute atomic E-state index is 0.121. The number of anilines is 2. The summed E-state index contributed by atoms with van der Waals surface area (Å²) in [4.78, 5) is 25.4. The molecule has 6 heteroatoms. The van der Waals surface area contributed by atoms with E-state index in [-0.39, 0.29) is 5.91 Å². The Morgan fingerprint density at radius 3 is 2.62 bits per heavy atom. The van der Waals surface area contributed by atoms with Gasteiger partial charge in [-0.05, 0) is 20.8 Å². The van der Waals surface area contributed by atoms with E-state index in [1.807, 2.05) is 40.8 Å². The van der Waals surface area contributed by atoms with Crippen molar-refractivity contribution >= 4 is 17.5 Å². The molecule has 2 heterocycles. The van der Waals surface area contributed by atoms with Gasteiger partial charge in [0.15, 0.2) is 0 Å². The second-order valence-electron chi connectivity index (χ2n) is 5.85. The highest BCUT2D eigenvalue weighted by atomic mass is 16.2. The molecule has 6 nitrogen and oxygen atoms in total. The van der Waals surface area contributed by atoms with E-state index in [0.29, 0.717) is 6.54 Å². The fraction of sp³-hybridized carbons (Fsp3) is 0.667. The third kappa shape index (κ3) is 2.94. The summed E-state index contributed by atoms with van der Waals surface area (Å²) in [6, 6.07) is 1.93. The van der Waals surface area contributed by atoms with Crippen LogP contribution < -0.4 is 10.2 Å². The monoisotopic (exact) mass is 291 g/mol. The van der Waals surface area contributed by atoms with Crippen LogP contribution in [0.4, 0.5) is 11.6 Å². The number of amides is 1. The first kappa shape index (κ1) is 15.5. The molecule has 1 saturated heterocycles. The van der Waals surface area contributed by atoms with Crippen molar-refractivity contribution in [3.05, 3.63) is 11.9 Å². The van der Waals surface area contributed by atoms with Crippen molar-refractivity contribution in [2.45, 2.75) is 39.7 Å². The van der Waals surface area contributed by atoms with Gasteiger partial charge in [-0.2, -0.15) is 0 Å². The van der Waals surface area contributed by atoms with Crippen LogP contribution in [0, 0.1) is 0 Å². The lowest BCUT2D eigenvalue weighted by molar-refractivity contribution is -0.136. The predicted octanol–water partition coefficient (Wildman–Crippen LogP) is 1.53. The Hall–Kier alpha value is -1.85. The molecular formula is C15H25N5O. The van der Waals surface area contributed by atoms with Gasteiger partial charge >= 0.3 is 0 Å². The predicted molar refractivity (Wildman–Crippen MR) is 84.6 cm³/mol. The summed E-state index contributed by atoms with van der Waals surface area (Å²) in [7, 11) is 1.85. The number of hydrogen-bond donors (Lipinski definition) is 1. The summed E-state index contributed by atoms with van der Waals surface area (Å²) in [5.41, 5.74) is -0.587. The van der Waals surface area contributed by atoms with E-state index in [1.165, 1.54) is 0 Å². The Kier molecular flexibility index (Phi) is 4.34. The molecule has 1 aliphatic heterocycles. The zero-order valence-electron chi connectivity index (χ0n) is 13.6. The zero-order chi connectivity index (χ0) is 15.6. The zero-order valence-corrected chi connectivity index (χ0v) is 13.6. The Morgan fingerprint density at radius 1 is 1.29 bits per heavy atom. The molecule has 1 fully saturated rings. The fourth-order valence-corrected chi connectivity index (χ4v) is 2.67. The van der Waals surface area contributed by atoms with Crippen LogP contribution in [-0.4, -0.2) is 53.0 Å². The molecule has 0 bridgehead atoms. The SMILES string of the molecule is CCNc1cc(N2CCN(C)C(=O)C2(C)C)nc(CC)n1. The van der Waals surface area contributed by atoms with Crippen LogP contribution in [0.3, 0.4) is 0 Å². The van der Waals surface area contributed by atoms with Gasteiger partial charge in [0.1, 0.15) is 23.0 Å². The Bertz CT molecular complexity index is 529. The van der Waals surface area contributed by atoms with Gasteiger partial charge in [0.2, 0.25) is 5.91 Å². The van der Waals surface area contributed by atoms with Crippen molar-refractivity contribution in [1.29, 1.82) is 0 Å². The molecule has 0 aromatic carbocycles. The third-order valence-electron chi connectivity index (χ3n) is 3.91. The van der Waals surface area contributed by atoms with Crippen LogP contribution in [-0.2, 0) is 11.2 Å². The molecule has 21 heavy (non-hydrogen) atoms. The van der Waals surface area contributed by atoms with Crippen LogP contribution in [0.2, 0.25) is 0 Å². The molecule has 2 rings (SSSR count). The largest absolute Gasteiger partial charge is 0.370 e. The first-order valence-electron chi connectivity index (χ1n) is 7.55. The number of nitrogens with zero attached hydrogens (tertiary/aromatic N) is 4. The van der Waals surface area contributed by atoms with Crippen molar-refractivity contribution in [3.8, 4) is 0 Å². The molecule has 1 aromatic heterocycles. The molecule has 0 atom stereocenters. The summed E-state index contributed by atoms with van der Waals surface area (Å²) in [5.74, 6) is 2.56. The molecule has 1 N–H and O–H groups in total. The van der Waals surface area contributed by atoms with E-state index >= 15 is 0 Å². The highest BCUT2D eigenvalue weighted by Gasteiger charge is 2.41. The van der Waals surface area contributed by atoms with Gasteiger partial charge in [-0.1, -0.05) is 6.92 Å². The van der Waals surface area contributed by atoms with Crippen molar-refractivity contribution in [2.24, 2.45) is 0 Å². The molecule has 0 unspecified atom stereocenters. The van der Waals surface area contributed by atoms with Crippen LogP contribution >= 0.6 is 0 Å². The number of carbonyl (C=O) groups excluding carboxylic acids is 1. The number of nitrogens with one attached hydrogen (secondary N) is 1. The lowest BCUT2D eigenvalue weighted by Crippen LogP contribution is -2.62. The van der Waals surface area contributed by atoms with E-state index in [0.717, 1.165) is 37.0 Å². The maximum Gasteiger partial charge on any atom is 0.247 e. The Balaban J connectivity index is 2.40. The molecule has 0 radical (unpaired) electrons. The maximum atomic E-state index is 12.4. The van der Waals surface area contributed by atoms with Crippen LogP contribution in [0.1, 0.15) is 33.5 Å². The van der Waals surface area contributed by atoms with Gasteiger partial charge in [0.05, 0.1) is 0 Å². The molecule has 1 aromatic rings. The van der Waals surface area contributed by atoms with E-state index in [2.05, 4.69) is 20.2 Å². The van der Waals surface area contributed by atoms with Gasteiger partial charge in [-0.3, -0.25) is 4.79 Å². The fourth-order valence-electron chi connectivity index (χ4n) is 2.67. The molecular weight excluding hydrogens is 266 g/mol. The summed E-state index contributed by atoms with van der Waals surface area (Å²) < 4.78 is 0. The second kappa shape index (κ2) is 5.87. The number of aryl methyl sites for hydroxylation is 1. The lowest BCUT2D eigenvalue weighted by atomic mass is 9.98. The average molecular weight is 291 g/mol. The highest BCUT2D eigenvalue weighted by Crippen LogP contribution is 2.28. The second-order valence-corrected chi connectivity index (χ2v) is 5.85. The molecule has 116 valence electrons. The summed E-state index contributed by atoms with van der Waals surface area (Å²) >= 11 is 0. The number of hydrogen-bond acceptors (Lipinski definition) is 5. The van der Waals surface area contributed by atoms with Gasteiger partial charge in [-0.15, -0.1) is 0 Å². The first-order valence-corrected chi connectivity index (χ1v) is 7.55. The molecule has 1 aliphatic rings. The summed E-state index contributed by atoms with van der Waals surface area (Å²) in [6.07, 6.45) is 0.772. The number of rotatable bonds is 4. The molecule has 0 spiro atoms. The van der Waals surface area contributed by atoms with Gasteiger partial charge in [-0.25, -0.2) is 9.97 Å². The minimum Gasteiger partial charge on any atom is -0.370 e. The van der Waals surface area contributed by atoms with Crippen molar-refractivity contribution in [2.75, 3.05) is 36.9 Å². The number of carbonyl (C=O) groups is 1. The lowest BCUT2D eigenvalue weighted by Gasteiger charge is -2.45. The standard InChI is InChI=1S/C15H25N5O/c1-6-11-17-12(16-7-2)10-13(18-11)20-9-8-19(5)14(21)15(20,3)4/h10H,6-9H2,1-5H3,(H,16,17,18). The smallest absolute Gasteiger partial charge is 0.247 e. The number of piperazine rings is 1. The summed E-state index contributed by atoms with van der Waals surface area (Å²) in [5, 5.41) is 3.24. The first-order chi connectivity index (χ1) is 9.90. The van der Waals surface area contributed by atoms with Crippen LogP contribution in [0.5, 0.6) is 0 Å². The van der Waals surface area contributed by atoms with E-state index in [4.69, 9.17) is 0 Å². The molecule has 0 aliphatic carbocycles. The normalized spacial score (nSPS) is 18.0. The van der Waals surface area contributed by atoms with Gasteiger partial charge < -0.3 is 15.1 Å². The Labute approximate surface area is 126 Å². The molecule has 0 saturated carbocycles. The van der Waals surface area contributed by atoms with Crippen LogP contribution in [0.25, 0.3) is 0 Å². The van der Waals surface area contributed by atoms with Crippen molar-refractivity contribution in [1.82, 2.24) is 14.9 Å². The van der Waals surface area contributed by atoms with Gasteiger partial charge in [0, 0.05) is 39.2 Å². The number of likely N-dealkylation sites (N-methyl/N-ethyl adjacent to an activating group) is 1. The topological polar surface area (TPSA) is 61.4 Å². The van der Waals surface area contributed by atoms with Crippen molar-refractivity contribution < 1.29 is 4.79 Å². The van der Waals surface area contributed by atoms with E-state index < -0.39 is 5.54 Å². The quantitative estimate of drug-likeness (QED) is 0.911. The highest BCUT2D eigenvalue weighted by molar-refractivity contribution is 5.90. The van der Waals surface area contributed by atoms with E-state index in [1.54, 1.807) is 4.90 Å². The Morgan fingerprint density at radius 2 is 2.00 bits per heavy atom. The summed E-state index contributed by atoms with van der Waals surface area (Å²) in [6.45, 7) is 10.3. The van der Waals surface area contributed by atoms with E-state index in [9.17, 15) is 4.79 Å². The average Bonchev–Trinajstić information content (AvgIpc) is 2.45. The van der Waals surface area contributed by atoms with Gasteiger partial charge in [0.25, 0.3) is 0 Å². The molecule has 1 amide bonds.